The number of methoxy groups -OCH3 is 2. The summed E-state index contributed by atoms with van der Waals surface area (Å²) in [5, 5.41) is 2.83. The Labute approximate surface area is 159 Å². The Kier molecular flexibility index (Phi) is 7.28. The minimum atomic E-state index is -3.86. The lowest BCUT2D eigenvalue weighted by atomic mass is 10.1. The number of sulfonamides is 1. The van der Waals surface area contributed by atoms with Crippen molar-refractivity contribution in [3.8, 4) is 5.75 Å². The first kappa shape index (κ1) is 20.8. The predicted octanol–water partition coefficient (Wildman–Crippen LogP) is 1.51. The number of ether oxygens (including phenoxy) is 2. The summed E-state index contributed by atoms with van der Waals surface area (Å²) in [5.74, 6) is -0.251. The molecular formula is C18H23N3O5S. The van der Waals surface area contributed by atoms with Crippen molar-refractivity contribution in [2.24, 2.45) is 0 Å². The SMILES string of the molecule is COCCNS(=O)(=O)c1cc(C(=O)NC(C)c2cccnc2)ccc1OC. The van der Waals surface area contributed by atoms with Crippen LogP contribution in [0.3, 0.4) is 0 Å². The van der Waals surface area contributed by atoms with Gasteiger partial charge in [-0.3, -0.25) is 9.78 Å². The van der Waals surface area contributed by atoms with Gasteiger partial charge in [-0.05, 0) is 36.8 Å². The minimum Gasteiger partial charge on any atom is -0.495 e. The maximum atomic E-state index is 12.6. The maximum absolute atomic E-state index is 12.6. The molecule has 0 saturated carbocycles. The fourth-order valence-corrected chi connectivity index (χ4v) is 3.59. The van der Waals surface area contributed by atoms with Gasteiger partial charge in [0.05, 0.1) is 19.8 Å². The van der Waals surface area contributed by atoms with E-state index in [2.05, 4.69) is 15.0 Å². The molecule has 0 radical (unpaired) electrons. The molecule has 1 unspecified atom stereocenters. The van der Waals surface area contributed by atoms with Gasteiger partial charge < -0.3 is 14.8 Å². The lowest BCUT2D eigenvalue weighted by Crippen LogP contribution is -2.29. The highest BCUT2D eigenvalue weighted by Gasteiger charge is 2.22. The second-order valence-electron chi connectivity index (χ2n) is 5.74. The number of hydrogen-bond donors (Lipinski definition) is 2. The van der Waals surface area contributed by atoms with Crippen LogP contribution in [0.4, 0.5) is 0 Å². The van der Waals surface area contributed by atoms with Gasteiger partial charge in [0.25, 0.3) is 5.91 Å². The molecule has 0 fully saturated rings. The number of amides is 1. The topological polar surface area (TPSA) is 107 Å². The van der Waals surface area contributed by atoms with Crippen LogP contribution >= 0.6 is 0 Å². The summed E-state index contributed by atoms with van der Waals surface area (Å²) >= 11 is 0. The third-order valence-electron chi connectivity index (χ3n) is 3.85. The molecule has 0 saturated heterocycles. The fraction of sp³-hybridized carbons (Fsp3) is 0.333. The molecule has 146 valence electrons. The van der Waals surface area contributed by atoms with Crippen molar-refractivity contribution in [2.45, 2.75) is 17.9 Å². The Balaban J connectivity index is 2.24. The molecule has 2 aromatic rings. The van der Waals surface area contributed by atoms with Crippen molar-refractivity contribution in [2.75, 3.05) is 27.4 Å². The van der Waals surface area contributed by atoms with E-state index in [0.717, 1.165) is 5.56 Å². The van der Waals surface area contributed by atoms with Crippen molar-refractivity contribution < 1.29 is 22.7 Å². The molecule has 8 nitrogen and oxygen atoms in total. The molecule has 2 N–H and O–H groups in total. The van der Waals surface area contributed by atoms with Crippen LogP contribution < -0.4 is 14.8 Å². The molecule has 0 bridgehead atoms. The molecule has 1 atom stereocenters. The molecule has 1 aromatic heterocycles. The van der Waals surface area contributed by atoms with Gasteiger partial charge in [0.15, 0.2) is 0 Å². The second-order valence-corrected chi connectivity index (χ2v) is 7.47. The van der Waals surface area contributed by atoms with Crippen molar-refractivity contribution in [1.82, 2.24) is 15.0 Å². The third kappa shape index (κ3) is 5.49. The molecular weight excluding hydrogens is 370 g/mol. The van der Waals surface area contributed by atoms with E-state index in [9.17, 15) is 13.2 Å². The van der Waals surface area contributed by atoms with Crippen LogP contribution in [0, 0.1) is 0 Å². The quantitative estimate of drug-likeness (QED) is 0.626. The predicted molar refractivity (Wildman–Crippen MR) is 100 cm³/mol. The number of carbonyl (C=O) groups is 1. The number of carbonyl (C=O) groups excluding carboxylic acids is 1. The lowest BCUT2D eigenvalue weighted by Gasteiger charge is -2.15. The average molecular weight is 393 g/mol. The summed E-state index contributed by atoms with van der Waals surface area (Å²) in [5.41, 5.74) is 1.05. The Morgan fingerprint density at radius 2 is 2.04 bits per heavy atom. The largest absolute Gasteiger partial charge is 0.495 e. The highest BCUT2D eigenvalue weighted by molar-refractivity contribution is 7.89. The lowest BCUT2D eigenvalue weighted by molar-refractivity contribution is 0.0939. The number of aromatic nitrogens is 1. The van der Waals surface area contributed by atoms with Crippen LogP contribution in [0.25, 0.3) is 0 Å². The minimum absolute atomic E-state index is 0.108. The number of hydrogen-bond acceptors (Lipinski definition) is 6. The molecule has 0 spiro atoms. The van der Waals surface area contributed by atoms with Gasteiger partial charge in [-0.25, -0.2) is 13.1 Å². The van der Waals surface area contributed by atoms with Crippen LogP contribution in [0.1, 0.15) is 28.9 Å². The first-order chi connectivity index (χ1) is 12.9. The molecule has 0 aliphatic carbocycles. The Bertz CT molecular complexity index is 872. The van der Waals surface area contributed by atoms with E-state index in [1.165, 1.54) is 32.4 Å². The summed E-state index contributed by atoms with van der Waals surface area (Å²) in [6, 6.07) is 7.60. The van der Waals surface area contributed by atoms with Gasteiger partial charge in [0, 0.05) is 31.6 Å². The zero-order chi connectivity index (χ0) is 19.9. The number of nitrogens with zero attached hydrogens (tertiary/aromatic N) is 1. The van der Waals surface area contributed by atoms with Crippen molar-refractivity contribution in [1.29, 1.82) is 0 Å². The summed E-state index contributed by atoms with van der Waals surface area (Å²) < 4.78 is 37.4. The number of benzene rings is 1. The highest BCUT2D eigenvalue weighted by atomic mass is 32.2. The zero-order valence-electron chi connectivity index (χ0n) is 15.4. The van der Waals surface area contributed by atoms with Gasteiger partial charge >= 0.3 is 0 Å². The second kappa shape index (κ2) is 9.45. The van der Waals surface area contributed by atoms with E-state index in [4.69, 9.17) is 9.47 Å². The van der Waals surface area contributed by atoms with Crippen molar-refractivity contribution >= 4 is 15.9 Å². The molecule has 1 heterocycles. The summed E-state index contributed by atoms with van der Waals surface area (Å²) in [6.07, 6.45) is 3.31. The van der Waals surface area contributed by atoms with Crippen LogP contribution in [-0.4, -0.2) is 46.7 Å². The average Bonchev–Trinajstić information content (AvgIpc) is 2.68. The number of rotatable bonds is 9. The molecule has 1 aromatic carbocycles. The van der Waals surface area contributed by atoms with E-state index in [1.54, 1.807) is 18.5 Å². The van der Waals surface area contributed by atoms with Crippen molar-refractivity contribution in [3.05, 3.63) is 53.9 Å². The highest BCUT2D eigenvalue weighted by Crippen LogP contribution is 2.25. The summed E-state index contributed by atoms with van der Waals surface area (Å²) in [7, 11) is -1.01. The van der Waals surface area contributed by atoms with Gasteiger partial charge in [0.2, 0.25) is 10.0 Å². The Morgan fingerprint density at radius 1 is 1.26 bits per heavy atom. The normalized spacial score (nSPS) is 12.4. The third-order valence-corrected chi connectivity index (χ3v) is 5.33. The molecule has 27 heavy (non-hydrogen) atoms. The molecule has 9 heteroatoms. The van der Waals surface area contributed by atoms with E-state index in [-0.39, 0.29) is 35.4 Å². The van der Waals surface area contributed by atoms with Crippen LogP contribution in [0.2, 0.25) is 0 Å². The Hall–Kier alpha value is -2.49. The number of nitrogens with one attached hydrogen (secondary N) is 2. The molecule has 1 amide bonds. The number of pyridine rings is 1. The molecule has 0 aliphatic rings. The molecule has 0 aliphatic heterocycles. The summed E-state index contributed by atoms with van der Waals surface area (Å²) in [4.78, 5) is 16.5. The van der Waals surface area contributed by atoms with Crippen LogP contribution in [0.5, 0.6) is 5.75 Å². The maximum Gasteiger partial charge on any atom is 0.251 e. The van der Waals surface area contributed by atoms with E-state index in [1.807, 2.05) is 13.0 Å². The monoisotopic (exact) mass is 393 g/mol. The first-order valence-corrected chi connectivity index (χ1v) is 9.74. The smallest absolute Gasteiger partial charge is 0.251 e. The summed E-state index contributed by atoms with van der Waals surface area (Å²) in [6.45, 7) is 2.16. The fourth-order valence-electron chi connectivity index (χ4n) is 2.38. The van der Waals surface area contributed by atoms with Gasteiger partial charge in [-0.1, -0.05) is 6.07 Å². The van der Waals surface area contributed by atoms with E-state index in [0.29, 0.717) is 0 Å². The zero-order valence-corrected chi connectivity index (χ0v) is 16.2. The molecule has 2 rings (SSSR count). The van der Waals surface area contributed by atoms with E-state index < -0.39 is 15.9 Å². The first-order valence-electron chi connectivity index (χ1n) is 8.26. The van der Waals surface area contributed by atoms with Crippen LogP contribution in [0.15, 0.2) is 47.6 Å². The Morgan fingerprint density at radius 3 is 2.67 bits per heavy atom. The van der Waals surface area contributed by atoms with Crippen LogP contribution in [-0.2, 0) is 14.8 Å². The van der Waals surface area contributed by atoms with Crippen molar-refractivity contribution in [3.63, 3.8) is 0 Å². The van der Waals surface area contributed by atoms with Gasteiger partial charge in [-0.2, -0.15) is 0 Å². The van der Waals surface area contributed by atoms with Gasteiger partial charge in [0.1, 0.15) is 10.6 Å². The van der Waals surface area contributed by atoms with Gasteiger partial charge in [-0.15, -0.1) is 0 Å². The van der Waals surface area contributed by atoms with E-state index >= 15 is 0 Å². The standard InChI is InChI=1S/C18H23N3O5S/c1-13(15-5-4-8-19-12-15)21-18(22)14-6-7-16(26-3)17(11-14)27(23,24)20-9-10-25-2/h4-8,11-13,20H,9-10H2,1-3H3,(H,21,22).